The SMILES string of the molecule is COc1cccc(CN2C(=O)/C(=C\C(=O)NC(C(C)C)C(C)C)Sc3ccccc32)c1. The molecule has 0 bridgehead atoms. The first kappa shape index (κ1) is 22.9. The highest BCUT2D eigenvalue weighted by Gasteiger charge is 2.30. The molecular weight excluding hydrogens is 408 g/mol. The Bertz CT molecular complexity index is 976. The summed E-state index contributed by atoms with van der Waals surface area (Å²) < 4.78 is 5.32. The third-order valence-electron chi connectivity index (χ3n) is 5.31. The lowest BCUT2D eigenvalue weighted by Crippen LogP contribution is -2.42. The topological polar surface area (TPSA) is 58.6 Å². The molecule has 6 heteroatoms. The molecule has 1 N–H and O–H groups in total. The first-order chi connectivity index (χ1) is 14.8. The van der Waals surface area contributed by atoms with Gasteiger partial charge in [0.2, 0.25) is 5.91 Å². The molecule has 2 amide bonds. The fourth-order valence-corrected chi connectivity index (χ4v) is 4.83. The maximum Gasteiger partial charge on any atom is 0.265 e. The number of fused-ring (bicyclic) bond motifs is 1. The van der Waals surface area contributed by atoms with Gasteiger partial charge in [-0.2, -0.15) is 0 Å². The molecule has 0 fully saturated rings. The van der Waals surface area contributed by atoms with Crippen molar-refractivity contribution in [2.75, 3.05) is 12.0 Å². The van der Waals surface area contributed by atoms with Crippen molar-refractivity contribution in [3.05, 3.63) is 65.1 Å². The largest absolute Gasteiger partial charge is 0.497 e. The Kier molecular flexibility index (Phi) is 7.44. The number of benzene rings is 2. The summed E-state index contributed by atoms with van der Waals surface area (Å²) in [6.07, 6.45) is 1.44. The van der Waals surface area contributed by atoms with E-state index in [1.165, 1.54) is 17.8 Å². The number of anilines is 1. The van der Waals surface area contributed by atoms with Crippen LogP contribution in [-0.2, 0) is 16.1 Å². The monoisotopic (exact) mass is 438 g/mol. The lowest BCUT2D eigenvalue weighted by molar-refractivity contribution is -0.119. The zero-order valence-corrected chi connectivity index (χ0v) is 19.5. The Morgan fingerprint density at radius 3 is 2.48 bits per heavy atom. The second-order valence-electron chi connectivity index (χ2n) is 8.34. The van der Waals surface area contributed by atoms with Gasteiger partial charge in [0.25, 0.3) is 5.91 Å². The number of amides is 2. The molecule has 31 heavy (non-hydrogen) atoms. The van der Waals surface area contributed by atoms with Gasteiger partial charge in [-0.25, -0.2) is 0 Å². The molecule has 3 rings (SSSR count). The summed E-state index contributed by atoms with van der Waals surface area (Å²) in [6, 6.07) is 15.5. The summed E-state index contributed by atoms with van der Waals surface area (Å²) in [6.45, 7) is 8.75. The molecule has 0 radical (unpaired) electrons. The van der Waals surface area contributed by atoms with Gasteiger partial charge in [0.15, 0.2) is 0 Å². The van der Waals surface area contributed by atoms with E-state index in [0.717, 1.165) is 21.9 Å². The van der Waals surface area contributed by atoms with E-state index >= 15 is 0 Å². The van der Waals surface area contributed by atoms with Crippen molar-refractivity contribution in [1.29, 1.82) is 0 Å². The van der Waals surface area contributed by atoms with E-state index in [4.69, 9.17) is 4.74 Å². The summed E-state index contributed by atoms with van der Waals surface area (Å²) in [7, 11) is 1.62. The number of nitrogens with one attached hydrogen (secondary N) is 1. The molecule has 2 aromatic carbocycles. The minimum Gasteiger partial charge on any atom is -0.497 e. The van der Waals surface area contributed by atoms with E-state index in [-0.39, 0.29) is 17.9 Å². The summed E-state index contributed by atoms with van der Waals surface area (Å²) in [5.74, 6) is 0.953. The smallest absolute Gasteiger partial charge is 0.265 e. The Labute approximate surface area is 188 Å². The van der Waals surface area contributed by atoms with Crippen LogP contribution in [0, 0.1) is 11.8 Å². The molecule has 0 unspecified atom stereocenters. The van der Waals surface area contributed by atoms with Crippen LogP contribution in [0.5, 0.6) is 5.75 Å². The third-order valence-corrected chi connectivity index (χ3v) is 6.39. The number of para-hydroxylation sites is 1. The van der Waals surface area contributed by atoms with Crippen LogP contribution in [0.4, 0.5) is 5.69 Å². The number of nitrogens with zero attached hydrogens (tertiary/aromatic N) is 1. The molecule has 0 spiro atoms. The van der Waals surface area contributed by atoms with Crippen LogP contribution in [-0.4, -0.2) is 25.0 Å². The molecule has 164 valence electrons. The molecule has 0 saturated heterocycles. The van der Waals surface area contributed by atoms with Crippen LogP contribution in [0.3, 0.4) is 0 Å². The average molecular weight is 439 g/mol. The molecule has 5 nitrogen and oxygen atoms in total. The summed E-state index contributed by atoms with van der Waals surface area (Å²) in [5, 5.41) is 3.07. The molecule has 0 aliphatic carbocycles. The van der Waals surface area contributed by atoms with Gasteiger partial charge in [-0.15, -0.1) is 0 Å². The number of carbonyl (C=O) groups excluding carboxylic acids is 2. The minimum atomic E-state index is -0.232. The number of thioether (sulfide) groups is 1. The third kappa shape index (κ3) is 5.50. The van der Waals surface area contributed by atoms with Crippen molar-refractivity contribution >= 4 is 29.3 Å². The van der Waals surface area contributed by atoms with Crippen LogP contribution in [0.15, 0.2) is 64.4 Å². The fourth-order valence-electron chi connectivity index (χ4n) is 3.80. The first-order valence-corrected chi connectivity index (χ1v) is 11.4. The Morgan fingerprint density at radius 2 is 1.81 bits per heavy atom. The van der Waals surface area contributed by atoms with Crippen LogP contribution in [0.25, 0.3) is 0 Å². The second-order valence-corrected chi connectivity index (χ2v) is 9.43. The highest BCUT2D eigenvalue weighted by atomic mass is 32.2. The van der Waals surface area contributed by atoms with Gasteiger partial charge in [-0.1, -0.05) is 63.7 Å². The highest BCUT2D eigenvalue weighted by molar-refractivity contribution is 8.04. The van der Waals surface area contributed by atoms with Crippen LogP contribution >= 0.6 is 11.8 Å². The minimum absolute atomic E-state index is 0.0493. The standard InChI is InChI=1S/C25H30N2O3S/c1-16(2)24(17(3)4)26-23(28)14-22-25(29)27(20-11-6-7-12-21(20)31-22)15-18-9-8-10-19(13-18)30-5/h6-14,16-17,24H,15H2,1-5H3,(H,26,28)/b22-14+. The molecule has 2 aromatic rings. The predicted molar refractivity (Wildman–Crippen MR) is 126 cm³/mol. The predicted octanol–water partition coefficient (Wildman–Crippen LogP) is 5.01. The fraction of sp³-hybridized carbons (Fsp3) is 0.360. The van der Waals surface area contributed by atoms with Crippen LogP contribution in [0.2, 0.25) is 0 Å². The van der Waals surface area contributed by atoms with Gasteiger partial charge in [0.05, 0.1) is 24.2 Å². The molecule has 0 saturated carbocycles. The number of methoxy groups -OCH3 is 1. The molecule has 1 aliphatic rings. The summed E-state index contributed by atoms with van der Waals surface area (Å²) in [4.78, 5) is 29.2. The number of rotatable bonds is 7. The average Bonchev–Trinajstić information content (AvgIpc) is 2.74. The van der Waals surface area contributed by atoms with E-state index < -0.39 is 0 Å². The van der Waals surface area contributed by atoms with Crippen molar-refractivity contribution in [3.63, 3.8) is 0 Å². The normalized spacial score (nSPS) is 15.0. The van der Waals surface area contributed by atoms with Gasteiger partial charge >= 0.3 is 0 Å². The quantitative estimate of drug-likeness (QED) is 0.617. The molecular formula is C25H30N2O3S. The zero-order valence-electron chi connectivity index (χ0n) is 18.7. The molecule has 0 aromatic heterocycles. The lowest BCUT2D eigenvalue weighted by atomic mass is 9.93. The van der Waals surface area contributed by atoms with Gasteiger partial charge in [-0.05, 0) is 41.7 Å². The number of hydrogen-bond donors (Lipinski definition) is 1. The van der Waals surface area contributed by atoms with Crippen molar-refractivity contribution in [2.45, 2.75) is 45.2 Å². The Hall–Kier alpha value is -2.73. The van der Waals surface area contributed by atoms with Gasteiger partial charge in [-0.3, -0.25) is 9.59 Å². The van der Waals surface area contributed by atoms with E-state index in [9.17, 15) is 9.59 Å². The maximum absolute atomic E-state index is 13.4. The van der Waals surface area contributed by atoms with Crippen molar-refractivity contribution < 1.29 is 14.3 Å². The molecule has 1 aliphatic heterocycles. The van der Waals surface area contributed by atoms with E-state index in [0.29, 0.717) is 23.3 Å². The van der Waals surface area contributed by atoms with Crippen molar-refractivity contribution in [1.82, 2.24) is 5.32 Å². The highest BCUT2D eigenvalue weighted by Crippen LogP contribution is 2.42. The number of carbonyl (C=O) groups is 2. The zero-order chi connectivity index (χ0) is 22.5. The first-order valence-electron chi connectivity index (χ1n) is 10.5. The Balaban J connectivity index is 1.89. The van der Waals surface area contributed by atoms with E-state index in [1.54, 1.807) is 12.0 Å². The van der Waals surface area contributed by atoms with Crippen LogP contribution in [0.1, 0.15) is 33.3 Å². The molecule has 1 heterocycles. The van der Waals surface area contributed by atoms with Gasteiger partial charge in [0.1, 0.15) is 5.75 Å². The Morgan fingerprint density at radius 1 is 1.10 bits per heavy atom. The van der Waals surface area contributed by atoms with Crippen molar-refractivity contribution in [3.8, 4) is 5.75 Å². The van der Waals surface area contributed by atoms with Crippen LogP contribution < -0.4 is 15.0 Å². The number of hydrogen-bond acceptors (Lipinski definition) is 4. The van der Waals surface area contributed by atoms with Gasteiger partial charge in [0, 0.05) is 17.0 Å². The summed E-state index contributed by atoms with van der Waals surface area (Å²) >= 11 is 1.34. The second kappa shape index (κ2) is 10.1. The van der Waals surface area contributed by atoms with Gasteiger partial charge < -0.3 is 15.0 Å². The number of ether oxygens (including phenoxy) is 1. The lowest BCUT2D eigenvalue weighted by Gasteiger charge is -2.30. The van der Waals surface area contributed by atoms with E-state index in [1.807, 2.05) is 48.5 Å². The maximum atomic E-state index is 13.4. The van der Waals surface area contributed by atoms with Crippen molar-refractivity contribution in [2.24, 2.45) is 11.8 Å². The summed E-state index contributed by atoms with van der Waals surface area (Å²) in [5.41, 5.74) is 1.80. The van der Waals surface area contributed by atoms with E-state index in [2.05, 4.69) is 33.0 Å². The molecule has 0 atom stereocenters.